The van der Waals surface area contributed by atoms with Gasteiger partial charge in [-0.3, -0.25) is 9.10 Å². The van der Waals surface area contributed by atoms with E-state index >= 15 is 0 Å². The molecule has 0 fully saturated rings. The molecule has 0 bridgehead atoms. The van der Waals surface area contributed by atoms with Gasteiger partial charge in [0.1, 0.15) is 5.76 Å². The third-order valence-corrected chi connectivity index (χ3v) is 6.42. The Morgan fingerprint density at radius 2 is 1.90 bits per heavy atom. The highest BCUT2D eigenvalue weighted by atomic mass is 35.5. The van der Waals surface area contributed by atoms with Crippen molar-refractivity contribution in [2.45, 2.75) is 11.4 Å². The quantitative estimate of drug-likeness (QED) is 0.518. The van der Waals surface area contributed by atoms with Gasteiger partial charge < -0.3 is 9.32 Å². The van der Waals surface area contributed by atoms with Gasteiger partial charge in [-0.2, -0.15) is 0 Å². The molecule has 1 amide bonds. The maximum Gasteiger partial charge on any atom is 0.264 e. The van der Waals surface area contributed by atoms with Crippen LogP contribution in [0.4, 0.5) is 5.69 Å². The third-order valence-electron chi connectivity index (χ3n) is 4.41. The SMILES string of the molecule is C#CCN(Cc1ccco1)C(=O)c1cccc(S(=O)(=O)N(C)c2cccc(Cl)c2)c1. The summed E-state index contributed by atoms with van der Waals surface area (Å²) in [6.45, 7) is 0.231. The number of carbonyl (C=O) groups excluding carboxylic acids is 1. The van der Waals surface area contributed by atoms with E-state index < -0.39 is 15.9 Å². The second-order valence-electron chi connectivity index (χ2n) is 6.42. The number of halogens is 1. The minimum absolute atomic E-state index is 0.0190. The Balaban J connectivity index is 1.90. The topological polar surface area (TPSA) is 70.8 Å². The molecule has 8 heteroatoms. The highest BCUT2D eigenvalue weighted by molar-refractivity contribution is 7.92. The standard InChI is InChI=1S/C22H19ClN2O4S/c1-3-12-25(16-20-10-6-13-29-20)22(26)17-7-4-11-21(14-17)30(27,28)24(2)19-9-5-8-18(23)15-19/h1,4-11,13-15H,12,16H2,2H3. The van der Waals surface area contributed by atoms with Crippen LogP contribution in [0.2, 0.25) is 5.02 Å². The second kappa shape index (κ2) is 9.08. The zero-order valence-corrected chi connectivity index (χ0v) is 17.7. The van der Waals surface area contributed by atoms with E-state index in [9.17, 15) is 13.2 Å². The zero-order valence-electron chi connectivity index (χ0n) is 16.2. The molecule has 0 unspecified atom stereocenters. The van der Waals surface area contributed by atoms with Crippen molar-refractivity contribution in [3.63, 3.8) is 0 Å². The van der Waals surface area contributed by atoms with Crippen molar-refractivity contribution in [2.24, 2.45) is 0 Å². The average molecular weight is 443 g/mol. The van der Waals surface area contributed by atoms with Gasteiger partial charge in [-0.15, -0.1) is 6.42 Å². The van der Waals surface area contributed by atoms with E-state index in [1.165, 1.54) is 36.4 Å². The highest BCUT2D eigenvalue weighted by Gasteiger charge is 2.24. The number of furan rings is 1. The Bertz CT molecular complexity index is 1180. The summed E-state index contributed by atoms with van der Waals surface area (Å²) in [5.41, 5.74) is 0.614. The minimum atomic E-state index is -3.91. The molecule has 0 saturated carbocycles. The van der Waals surface area contributed by atoms with Gasteiger partial charge in [-0.1, -0.05) is 29.7 Å². The van der Waals surface area contributed by atoms with E-state index in [-0.39, 0.29) is 23.5 Å². The number of carbonyl (C=O) groups is 1. The lowest BCUT2D eigenvalue weighted by Gasteiger charge is -2.21. The predicted octanol–water partition coefficient (Wildman–Crippen LogP) is 4.03. The van der Waals surface area contributed by atoms with Crippen molar-refractivity contribution in [3.8, 4) is 12.3 Å². The van der Waals surface area contributed by atoms with E-state index in [1.54, 1.807) is 42.5 Å². The summed E-state index contributed by atoms with van der Waals surface area (Å²) < 4.78 is 32.6. The number of anilines is 1. The molecule has 1 aromatic heterocycles. The van der Waals surface area contributed by atoms with Crippen molar-refractivity contribution in [1.82, 2.24) is 4.90 Å². The van der Waals surface area contributed by atoms with E-state index in [1.807, 2.05) is 0 Å². The lowest BCUT2D eigenvalue weighted by molar-refractivity contribution is 0.0755. The van der Waals surface area contributed by atoms with Gasteiger partial charge in [0.25, 0.3) is 15.9 Å². The molecule has 1 heterocycles. The number of rotatable bonds is 7. The normalized spacial score (nSPS) is 11.0. The molecule has 0 aliphatic heterocycles. The van der Waals surface area contributed by atoms with Gasteiger partial charge in [0.05, 0.1) is 29.9 Å². The Morgan fingerprint density at radius 3 is 2.57 bits per heavy atom. The van der Waals surface area contributed by atoms with Crippen LogP contribution < -0.4 is 4.31 Å². The van der Waals surface area contributed by atoms with E-state index in [4.69, 9.17) is 22.4 Å². The Hall–Kier alpha value is -3.21. The first-order chi connectivity index (χ1) is 14.3. The molecule has 2 aromatic carbocycles. The van der Waals surface area contributed by atoms with E-state index in [0.29, 0.717) is 16.5 Å². The number of sulfonamides is 1. The average Bonchev–Trinajstić information content (AvgIpc) is 3.25. The monoisotopic (exact) mass is 442 g/mol. The summed E-state index contributed by atoms with van der Waals surface area (Å²) in [4.78, 5) is 14.4. The highest BCUT2D eigenvalue weighted by Crippen LogP contribution is 2.25. The lowest BCUT2D eigenvalue weighted by atomic mass is 10.2. The van der Waals surface area contributed by atoms with Gasteiger partial charge >= 0.3 is 0 Å². The largest absolute Gasteiger partial charge is 0.467 e. The van der Waals surface area contributed by atoms with Crippen LogP contribution in [0.25, 0.3) is 0 Å². The van der Waals surface area contributed by atoms with Crippen LogP contribution in [-0.4, -0.2) is 32.8 Å². The van der Waals surface area contributed by atoms with Crippen molar-refractivity contribution in [1.29, 1.82) is 0 Å². The van der Waals surface area contributed by atoms with Gasteiger partial charge in [-0.25, -0.2) is 8.42 Å². The summed E-state index contributed by atoms with van der Waals surface area (Å²) in [6.07, 6.45) is 6.91. The van der Waals surface area contributed by atoms with Crippen LogP contribution in [0.5, 0.6) is 0 Å². The smallest absolute Gasteiger partial charge is 0.264 e. The maximum absolute atomic E-state index is 13.1. The Morgan fingerprint density at radius 1 is 1.13 bits per heavy atom. The van der Waals surface area contributed by atoms with Crippen LogP contribution in [0.3, 0.4) is 0 Å². The molecule has 0 aliphatic rings. The fourth-order valence-corrected chi connectivity index (χ4v) is 4.26. The summed E-state index contributed by atoms with van der Waals surface area (Å²) >= 11 is 5.98. The lowest BCUT2D eigenvalue weighted by Crippen LogP contribution is -2.31. The number of benzene rings is 2. The van der Waals surface area contributed by atoms with Crippen LogP contribution in [-0.2, 0) is 16.6 Å². The van der Waals surface area contributed by atoms with Crippen LogP contribution >= 0.6 is 11.6 Å². The molecule has 0 aliphatic carbocycles. The van der Waals surface area contributed by atoms with Crippen molar-refractivity contribution >= 4 is 33.2 Å². The molecule has 30 heavy (non-hydrogen) atoms. The molecular formula is C22H19ClN2O4S. The van der Waals surface area contributed by atoms with E-state index in [2.05, 4.69) is 5.92 Å². The Kier molecular flexibility index (Phi) is 6.50. The first-order valence-electron chi connectivity index (χ1n) is 8.92. The summed E-state index contributed by atoms with van der Waals surface area (Å²) in [5.74, 6) is 2.62. The van der Waals surface area contributed by atoms with Gasteiger partial charge in [0.15, 0.2) is 0 Å². The van der Waals surface area contributed by atoms with Gasteiger partial charge in [0.2, 0.25) is 0 Å². The molecular weight excluding hydrogens is 424 g/mol. The molecule has 6 nitrogen and oxygen atoms in total. The molecule has 0 radical (unpaired) electrons. The zero-order chi connectivity index (χ0) is 21.7. The van der Waals surface area contributed by atoms with Crippen molar-refractivity contribution in [2.75, 3.05) is 17.9 Å². The number of hydrogen-bond acceptors (Lipinski definition) is 4. The molecule has 3 aromatic rings. The molecule has 0 saturated heterocycles. The van der Waals surface area contributed by atoms with E-state index in [0.717, 1.165) is 4.31 Å². The van der Waals surface area contributed by atoms with Crippen molar-refractivity contribution < 1.29 is 17.6 Å². The molecule has 3 rings (SSSR count). The number of terminal acetylenes is 1. The number of amides is 1. The fraction of sp³-hybridized carbons (Fsp3) is 0.136. The summed E-state index contributed by atoms with van der Waals surface area (Å²) in [5, 5.41) is 0.418. The molecule has 0 N–H and O–H groups in total. The first-order valence-corrected chi connectivity index (χ1v) is 10.7. The third kappa shape index (κ3) is 4.67. The van der Waals surface area contributed by atoms with Crippen LogP contribution in [0.15, 0.2) is 76.2 Å². The molecule has 0 spiro atoms. The van der Waals surface area contributed by atoms with Crippen LogP contribution in [0, 0.1) is 12.3 Å². The first kappa shape index (κ1) is 21.5. The van der Waals surface area contributed by atoms with Crippen molar-refractivity contribution in [3.05, 3.63) is 83.3 Å². The Labute approximate surface area is 180 Å². The molecule has 0 atom stereocenters. The second-order valence-corrected chi connectivity index (χ2v) is 8.83. The van der Waals surface area contributed by atoms with Gasteiger partial charge in [-0.05, 0) is 48.5 Å². The predicted molar refractivity (Wildman–Crippen MR) is 116 cm³/mol. The number of hydrogen-bond donors (Lipinski definition) is 0. The maximum atomic E-state index is 13.1. The summed E-state index contributed by atoms with van der Waals surface area (Å²) in [6, 6.07) is 15.8. The van der Waals surface area contributed by atoms with Gasteiger partial charge in [0, 0.05) is 17.6 Å². The minimum Gasteiger partial charge on any atom is -0.467 e. The summed E-state index contributed by atoms with van der Waals surface area (Å²) in [7, 11) is -2.48. The van der Waals surface area contributed by atoms with Crippen LogP contribution in [0.1, 0.15) is 16.1 Å². The molecule has 154 valence electrons. The fourth-order valence-electron chi connectivity index (χ4n) is 2.84. The number of nitrogens with zero attached hydrogens (tertiary/aromatic N) is 2.